The lowest BCUT2D eigenvalue weighted by molar-refractivity contribution is -0.141. The molecule has 1 aromatic carbocycles. The molecular weight excluding hydrogens is 326 g/mol. The number of ether oxygens (including phenoxy) is 1. The van der Waals surface area contributed by atoms with Gasteiger partial charge in [0.1, 0.15) is 0 Å². The SMILES string of the molecule is CCOC(=O)CNCCN(c1nc2ccccc2s1)S(=O)[O-]. The van der Waals surface area contributed by atoms with Gasteiger partial charge in [-0.25, -0.2) is 4.98 Å². The lowest BCUT2D eigenvalue weighted by atomic mass is 10.3. The van der Waals surface area contributed by atoms with Gasteiger partial charge in [0.15, 0.2) is 5.13 Å². The van der Waals surface area contributed by atoms with E-state index in [1.165, 1.54) is 15.6 Å². The summed E-state index contributed by atoms with van der Waals surface area (Å²) in [5.74, 6) is -0.364. The molecule has 1 atom stereocenters. The average molecular weight is 342 g/mol. The van der Waals surface area contributed by atoms with Crippen LogP contribution in [0.2, 0.25) is 0 Å². The van der Waals surface area contributed by atoms with Gasteiger partial charge in [-0.15, -0.1) is 0 Å². The number of esters is 1. The van der Waals surface area contributed by atoms with Crippen LogP contribution in [0.15, 0.2) is 24.3 Å². The molecule has 1 aromatic heterocycles. The van der Waals surface area contributed by atoms with Crippen molar-refractivity contribution < 1.29 is 18.3 Å². The average Bonchev–Trinajstić information content (AvgIpc) is 2.90. The molecule has 0 saturated carbocycles. The number of thiazole rings is 1. The maximum atomic E-state index is 11.4. The molecule has 0 amide bonds. The number of carbonyl (C=O) groups excluding carboxylic acids is 1. The molecule has 1 unspecified atom stereocenters. The number of hydrogen-bond donors (Lipinski definition) is 1. The lowest BCUT2D eigenvalue weighted by Crippen LogP contribution is -2.35. The Bertz CT molecular complexity index is 629. The molecule has 0 bridgehead atoms. The van der Waals surface area contributed by atoms with Crippen molar-refractivity contribution in [1.29, 1.82) is 0 Å². The molecule has 0 aliphatic carbocycles. The standard InChI is InChI=1S/C13H17N3O4S2/c1-2-20-12(17)9-14-7-8-16(22(18)19)13-15-10-5-3-4-6-11(10)21-13/h3-6,14H,2,7-9H2,1H3,(H,18,19)/p-1. The van der Waals surface area contributed by atoms with Crippen LogP contribution in [0.25, 0.3) is 10.2 Å². The maximum absolute atomic E-state index is 11.4. The van der Waals surface area contributed by atoms with E-state index in [0.29, 0.717) is 18.3 Å². The van der Waals surface area contributed by atoms with Crippen LogP contribution in [0.4, 0.5) is 5.13 Å². The number of aromatic nitrogens is 1. The van der Waals surface area contributed by atoms with Crippen molar-refractivity contribution in [3.63, 3.8) is 0 Å². The van der Waals surface area contributed by atoms with E-state index < -0.39 is 11.3 Å². The number of nitrogens with zero attached hydrogens (tertiary/aromatic N) is 2. The zero-order valence-electron chi connectivity index (χ0n) is 12.0. The van der Waals surface area contributed by atoms with Crippen molar-refractivity contribution in [3.05, 3.63) is 24.3 Å². The predicted octanol–water partition coefficient (Wildman–Crippen LogP) is 1.05. The molecular formula is C13H16N3O4S2-. The Morgan fingerprint density at radius 1 is 1.50 bits per heavy atom. The fourth-order valence-electron chi connectivity index (χ4n) is 1.78. The van der Waals surface area contributed by atoms with Crippen molar-refractivity contribution >= 4 is 43.9 Å². The minimum absolute atomic E-state index is 0.0486. The van der Waals surface area contributed by atoms with Crippen molar-refractivity contribution in [3.8, 4) is 0 Å². The normalized spacial score (nSPS) is 12.3. The number of benzene rings is 1. The summed E-state index contributed by atoms with van der Waals surface area (Å²) in [6.45, 7) is 2.61. The number of rotatable bonds is 8. The van der Waals surface area contributed by atoms with Gasteiger partial charge >= 0.3 is 5.97 Å². The molecule has 0 spiro atoms. The highest BCUT2D eigenvalue weighted by Crippen LogP contribution is 2.28. The molecule has 1 heterocycles. The van der Waals surface area contributed by atoms with E-state index in [0.717, 1.165) is 10.2 Å². The van der Waals surface area contributed by atoms with E-state index in [4.69, 9.17) is 4.74 Å². The molecule has 120 valence electrons. The molecule has 1 N–H and O–H groups in total. The first-order valence-electron chi connectivity index (χ1n) is 6.70. The van der Waals surface area contributed by atoms with Crippen LogP contribution in [-0.2, 0) is 20.8 Å². The van der Waals surface area contributed by atoms with Crippen LogP contribution in [-0.4, -0.2) is 46.0 Å². The minimum atomic E-state index is -2.42. The summed E-state index contributed by atoms with van der Waals surface area (Å²) in [7, 11) is 0. The number of para-hydroxylation sites is 1. The van der Waals surface area contributed by atoms with Crippen molar-refractivity contribution in [2.75, 3.05) is 30.5 Å². The second-order valence-electron chi connectivity index (χ2n) is 4.27. The van der Waals surface area contributed by atoms with E-state index in [2.05, 4.69) is 10.3 Å². The fraction of sp³-hybridized carbons (Fsp3) is 0.385. The van der Waals surface area contributed by atoms with Gasteiger partial charge in [-0.3, -0.25) is 13.3 Å². The van der Waals surface area contributed by atoms with Crippen molar-refractivity contribution in [2.24, 2.45) is 0 Å². The molecule has 0 aliphatic heterocycles. The molecule has 0 fully saturated rings. The largest absolute Gasteiger partial charge is 0.755 e. The van der Waals surface area contributed by atoms with Crippen LogP contribution in [0.3, 0.4) is 0 Å². The van der Waals surface area contributed by atoms with E-state index in [1.807, 2.05) is 24.3 Å². The molecule has 0 aliphatic rings. The second-order valence-corrected chi connectivity index (χ2v) is 6.15. The van der Waals surface area contributed by atoms with Gasteiger partial charge < -0.3 is 14.6 Å². The third-order valence-electron chi connectivity index (χ3n) is 2.74. The Morgan fingerprint density at radius 2 is 2.27 bits per heavy atom. The van der Waals surface area contributed by atoms with E-state index in [9.17, 15) is 13.6 Å². The molecule has 2 aromatic rings. The summed E-state index contributed by atoms with van der Waals surface area (Å²) >= 11 is -1.11. The van der Waals surface area contributed by atoms with Gasteiger partial charge in [0.25, 0.3) is 0 Å². The quantitative estimate of drug-likeness (QED) is 0.438. The van der Waals surface area contributed by atoms with Crippen molar-refractivity contribution in [2.45, 2.75) is 6.92 Å². The van der Waals surface area contributed by atoms with Gasteiger partial charge in [-0.2, -0.15) is 0 Å². The molecule has 7 nitrogen and oxygen atoms in total. The summed E-state index contributed by atoms with van der Waals surface area (Å²) in [6.07, 6.45) is 0. The lowest BCUT2D eigenvalue weighted by Gasteiger charge is -2.23. The van der Waals surface area contributed by atoms with E-state index in [-0.39, 0.29) is 19.1 Å². The number of anilines is 1. The third-order valence-corrected chi connectivity index (χ3v) is 4.63. The van der Waals surface area contributed by atoms with Gasteiger partial charge in [0.05, 0.1) is 23.4 Å². The van der Waals surface area contributed by atoms with Crippen molar-refractivity contribution in [1.82, 2.24) is 10.3 Å². The van der Waals surface area contributed by atoms with Crippen LogP contribution < -0.4 is 9.62 Å². The first-order valence-corrected chi connectivity index (χ1v) is 8.55. The van der Waals surface area contributed by atoms with Gasteiger partial charge in [-0.05, 0) is 19.1 Å². The monoisotopic (exact) mass is 342 g/mol. The van der Waals surface area contributed by atoms with Crippen LogP contribution in [0.5, 0.6) is 0 Å². The van der Waals surface area contributed by atoms with Crippen LogP contribution in [0.1, 0.15) is 6.92 Å². The summed E-state index contributed by atoms with van der Waals surface area (Å²) in [4.78, 5) is 15.5. The summed E-state index contributed by atoms with van der Waals surface area (Å²) in [5, 5.41) is 3.26. The first-order chi connectivity index (χ1) is 10.6. The second kappa shape index (κ2) is 8.18. The Balaban J connectivity index is 1.95. The number of carbonyl (C=O) groups is 1. The summed E-state index contributed by atoms with van der Waals surface area (Å²) < 4.78 is 29.6. The molecule has 22 heavy (non-hydrogen) atoms. The first kappa shape index (κ1) is 16.8. The third kappa shape index (κ3) is 4.47. The zero-order valence-corrected chi connectivity index (χ0v) is 13.6. The number of hydrogen-bond acceptors (Lipinski definition) is 7. The Hall–Kier alpha value is -1.55. The topological polar surface area (TPSA) is 94.6 Å². The predicted molar refractivity (Wildman–Crippen MR) is 85.4 cm³/mol. The van der Waals surface area contributed by atoms with E-state index >= 15 is 0 Å². The fourth-order valence-corrected chi connectivity index (χ4v) is 3.39. The summed E-state index contributed by atoms with van der Waals surface area (Å²) in [5.41, 5.74) is 0.762. The zero-order chi connectivity index (χ0) is 15.9. The highest BCUT2D eigenvalue weighted by atomic mass is 32.2. The molecule has 9 heteroatoms. The number of fused-ring (bicyclic) bond motifs is 1. The Morgan fingerprint density at radius 3 is 2.95 bits per heavy atom. The van der Waals surface area contributed by atoms with Gasteiger partial charge in [-0.1, -0.05) is 23.5 Å². The van der Waals surface area contributed by atoms with Crippen LogP contribution >= 0.6 is 11.3 Å². The molecule has 0 radical (unpaired) electrons. The number of nitrogens with one attached hydrogen (secondary N) is 1. The highest BCUT2D eigenvalue weighted by Gasteiger charge is 2.13. The van der Waals surface area contributed by atoms with Crippen LogP contribution in [0, 0.1) is 0 Å². The Kier molecular flexibility index (Phi) is 6.25. The Labute approximate surface area is 134 Å². The molecule has 2 rings (SSSR count). The maximum Gasteiger partial charge on any atom is 0.319 e. The minimum Gasteiger partial charge on any atom is -0.755 e. The van der Waals surface area contributed by atoms with Gasteiger partial charge in [0, 0.05) is 24.4 Å². The van der Waals surface area contributed by atoms with Gasteiger partial charge in [0.2, 0.25) is 0 Å². The highest BCUT2D eigenvalue weighted by molar-refractivity contribution is 7.81. The van der Waals surface area contributed by atoms with E-state index in [1.54, 1.807) is 6.92 Å². The molecule has 0 saturated heterocycles. The summed E-state index contributed by atoms with van der Waals surface area (Å²) in [6, 6.07) is 7.45. The smallest absolute Gasteiger partial charge is 0.319 e.